The zero-order chi connectivity index (χ0) is 14.6. The van der Waals surface area contributed by atoms with Crippen LogP contribution in [0.1, 0.15) is 20.3 Å². The van der Waals surface area contributed by atoms with Gasteiger partial charge in [0.25, 0.3) is 0 Å². The zero-order valence-electron chi connectivity index (χ0n) is 11.9. The first-order valence-corrected chi connectivity index (χ1v) is 6.18. The van der Waals surface area contributed by atoms with Gasteiger partial charge in [-0.15, -0.1) is 0 Å². The highest BCUT2D eigenvalue weighted by Gasteiger charge is 2.30. The number of carboxylic acids is 1. The number of carbonyl (C=O) groups is 1. The van der Waals surface area contributed by atoms with Crippen LogP contribution in [0.5, 0.6) is 5.75 Å². The number of carboxylic acid groups (broad SMARTS) is 1. The van der Waals surface area contributed by atoms with Crippen LogP contribution < -0.4 is 15.4 Å². The van der Waals surface area contributed by atoms with Crippen LogP contribution in [-0.2, 0) is 4.79 Å². The smallest absolute Gasteiger partial charge is 0.323 e. The molecule has 3 N–H and O–H groups in total. The van der Waals surface area contributed by atoms with Crippen molar-refractivity contribution in [1.82, 2.24) is 0 Å². The molecule has 0 saturated heterocycles. The van der Waals surface area contributed by atoms with Crippen molar-refractivity contribution >= 4 is 11.7 Å². The van der Waals surface area contributed by atoms with E-state index in [4.69, 9.17) is 15.6 Å². The van der Waals surface area contributed by atoms with Crippen molar-refractivity contribution in [3.63, 3.8) is 0 Å². The summed E-state index contributed by atoms with van der Waals surface area (Å²) in [5, 5.41) is 8.99. The molecule has 1 aromatic carbocycles. The van der Waals surface area contributed by atoms with Crippen molar-refractivity contribution in [2.24, 2.45) is 5.73 Å². The standard InChI is InChI=1S/C14H22N2O3/c1-10(9-14(2,15)13(17)18)19-12-7-5-6-11(8-12)16(3)4/h5-8,10H,9,15H2,1-4H3,(H,17,18). The number of aliphatic carboxylic acids is 1. The first-order valence-electron chi connectivity index (χ1n) is 6.18. The Morgan fingerprint density at radius 1 is 1.53 bits per heavy atom. The van der Waals surface area contributed by atoms with Crippen molar-refractivity contribution in [2.75, 3.05) is 19.0 Å². The molecule has 0 aromatic heterocycles. The maximum Gasteiger partial charge on any atom is 0.323 e. The topological polar surface area (TPSA) is 75.8 Å². The van der Waals surface area contributed by atoms with Gasteiger partial charge in [-0.25, -0.2) is 0 Å². The SMILES string of the molecule is CC(CC(C)(N)C(=O)O)Oc1cccc(N(C)C)c1. The Morgan fingerprint density at radius 2 is 2.16 bits per heavy atom. The normalized spacial score (nSPS) is 15.4. The Balaban J connectivity index is 2.69. The van der Waals surface area contributed by atoms with Gasteiger partial charge in [-0.2, -0.15) is 0 Å². The lowest BCUT2D eigenvalue weighted by Crippen LogP contribution is -2.47. The highest BCUT2D eigenvalue weighted by molar-refractivity contribution is 5.77. The second-order valence-electron chi connectivity index (χ2n) is 5.25. The Morgan fingerprint density at radius 3 is 2.68 bits per heavy atom. The fourth-order valence-electron chi connectivity index (χ4n) is 1.79. The lowest BCUT2D eigenvalue weighted by atomic mass is 9.96. The first kappa shape index (κ1) is 15.3. The summed E-state index contributed by atoms with van der Waals surface area (Å²) in [4.78, 5) is 12.9. The minimum absolute atomic E-state index is 0.245. The van der Waals surface area contributed by atoms with Gasteiger partial charge >= 0.3 is 5.97 Å². The maximum absolute atomic E-state index is 11.0. The molecular weight excluding hydrogens is 244 g/mol. The second kappa shape index (κ2) is 5.93. The number of anilines is 1. The van der Waals surface area contributed by atoms with Gasteiger partial charge in [-0.3, -0.25) is 4.79 Å². The molecular formula is C14H22N2O3. The molecule has 0 aliphatic carbocycles. The average molecular weight is 266 g/mol. The summed E-state index contributed by atoms with van der Waals surface area (Å²) in [6.45, 7) is 3.31. The Kier molecular flexibility index (Phi) is 4.78. The number of ether oxygens (including phenoxy) is 1. The number of nitrogens with two attached hydrogens (primary N) is 1. The molecule has 2 unspecified atom stereocenters. The van der Waals surface area contributed by atoms with E-state index >= 15 is 0 Å². The molecule has 0 saturated carbocycles. The number of hydrogen-bond donors (Lipinski definition) is 2. The van der Waals surface area contributed by atoms with Crippen molar-refractivity contribution in [1.29, 1.82) is 0 Å². The molecule has 0 fully saturated rings. The monoisotopic (exact) mass is 266 g/mol. The van der Waals surface area contributed by atoms with E-state index in [1.54, 1.807) is 0 Å². The van der Waals surface area contributed by atoms with Crippen LogP contribution in [0.25, 0.3) is 0 Å². The van der Waals surface area contributed by atoms with E-state index in [0.29, 0.717) is 5.75 Å². The van der Waals surface area contributed by atoms with Gasteiger partial charge in [0, 0.05) is 32.3 Å². The van der Waals surface area contributed by atoms with Crippen molar-refractivity contribution < 1.29 is 14.6 Å². The molecule has 0 aliphatic rings. The molecule has 0 aliphatic heterocycles. The fourth-order valence-corrected chi connectivity index (χ4v) is 1.79. The molecule has 1 rings (SSSR count). The molecule has 5 nitrogen and oxygen atoms in total. The average Bonchev–Trinajstić information content (AvgIpc) is 2.28. The molecule has 19 heavy (non-hydrogen) atoms. The number of hydrogen-bond acceptors (Lipinski definition) is 4. The van der Waals surface area contributed by atoms with Crippen LogP contribution in [0, 0.1) is 0 Å². The van der Waals surface area contributed by atoms with Crippen molar-refractivity contribution in [3.8, 4) is 5.75 Å². The van der Waals surface area contributed by atoms with Crippen molar-refractivity contribution in [2.45, 2.75) is 31.9 Å². The molecule has 0 radical (unpaired) electrons. The summed E-state index contributed by atoms with van der Waals surface area (Å²) in [5.41, 5.74) is 5.45. The van der Waals surface area contributed by atoms with E-state index in [1.165, 1.54) is 6.92 Å². The van der Waals surface area contributed by atoms with Gasteiger partial charge in [-0.05, 0) is 26.0 Å². The molecule has 2 atom stereocenters. The molecule has 0 spiro atoms. The third kappa shape index (κ3) is 4.44. The van der Waals surface area contributed by atoms with Gasteiger partial charge in [0.2, 0.25) is 0 Å². The Bertz CT molecular complexity index is 444. The van der Waals surface area contributed by atoms with Gasteiger partial charge < -0.3 is 20.5 Å². The molecule has 0 heterocycles. The molecule has 106 valence electrons. The van der Waals surface area contributed by atoms with Crippen LogP contribution in [0.15, 0.2) is 24.3 Å². The summed E-state index contributed by atoms with van der Waals surface area (Å²) < 4.78 is 5.72. The van der Waals surface area contributed by atoms with Gasteiger partial charge in [0.15, 0.2) is 0 Å². The van der Waals surface area contributed by atoms with Gasteiger partial charge in [-0.1, -0.05) is 6.07 Å². The summed E-state index contributed by atoms with van der Waals surface area (Å²) >= 11 is 0. The number of rotatable bonds is 6. The van der Waals surface area contributed by atoms with Crippen LogP contribution in [0.4, 0.5) is 5.69 Å². The summed E-state index contributed by atoms with van der Waals surface area (Å²) in [7, 11) is 3.90. The first-order chi connectivity index (χ1) is 8.72. The van der Waals surface area contributed by atoms with Gasteiger partial charge in [0.05, 0.1) is 6.10 Å². The van der Waals surface area contributed by atoms with Crippen molar-refractivity contribution in [3.05, 3.63) is 24.3 Å². The highest BCUT2D eigenvalue weighted by atomic mass is 16.5. The number of nitrogens with zero attached hydrogens (tertiary/aromatic N) is 1. The lowest BCUT2D eigenvalue weighted by molar-refractivity contribution is -0.143. The minimum Gasteiger partial charge on any atom is -0.491 e. The van der Waals surface area contributed by atoms with Crippen LogP contribution >= 0.6 is 0 Å². The van der Waals surface area contributed by atoms with Crippen LogP contribution in [0.2, 0.25) is 0 Å². The Labute approximate surface area is 114 Å². The zero-order valence-corrected chi connectivity index (χ0v) is 11.9. The van der Waals surface area contributed by atoms with E-state index in [9.17, 15) is 4.79 Å². The van der Waals surface area contributed by atoms with Crippen LogP contribution in [0.3, 0.4) is 0 Å². The third-order valence-electron chi connectivity index (χ3n) is 2.87. The highest BCUT2D eigenvalue weighted by Crippen LogP contribution is 2.22. The van der Waals surface area contributed by atoms with E-state index < -0.39 is 11.5 Å². The molecule has 5 heteroatoms. The maximum atomic E-state index is 11.0. The predicted octanol–water partition coefficient (Wildman–Crippen LogP) is 1.71. The number of benzene rings is 1. The molecule has 0 amide bonds. The predicted molar refractivity (Wildman–Crippen MR) is 75.7 cm³/mol. The van der Waals surface area contributed by atoms with Crippen LogP contribution in [-0.4, -0.2) is 36.8 Å². The van der Waals surface area contributed by atoms with E-state index in [2.05, 4.69) is 0 Å². The second-order valence-corrected chi connectivity index (χ2v) is 5.25. The molecule has 1 aromatic rings. The van der Waals surface area contributed by atoms with E-state index in [0.717, 1.165) is 5.69 Å². The van der Waals surface area contributed by atoms with E-state index in [-0.39, 0.29) is 12.5 Å². The third-order valence-corrected chi connectivity index (χ3v) is 2.87. The fraction of sp³-hybridized carbons (Fsp3) is 0.500. The van der Waals surface area contributed by atoms with Gasteiger partial charge in [0.1, 0.15) is 11.3 Å². The minimum atomic E-state index is -1.28. The quantitative estimate of drug-likeness (QED) is 0.819. The summed E-state index contributed by atoms with van der Waals surface area (Å²) in [6.07, 6.45) is -0.0300. The largest absolute Gasteiger partial charge is 0.491 e. The lowest BCUT2D eigenvalue weighted by Gasteiger charge is -2.24. The Hall–Kier alpha value is -1.75. The summed E-state index contributed by atoms with van der Waals surface area (Å²) in [6, 6.07) is 7.63. The summed E-state index contributed by atoms with van der Waals surface area (Å²) in [5.74, 6) is -0.315. The molecule has 0 bridgehead atoms. The van der Waals surface area contributed by atoms with E-state index in [1.807, 2.05) is 50.2 Å².